The van der Waals surface area contributed by atoms with Gasteiger partial charge in [0.25, 0.3) is 0 Å². The van der Waals surface area contributed by atoms with Crippen molar-refractivity contribution in [1.82, 2.24) is 0 Å². The van der Waals surface area contributed by atoms with Crippen LogP contribution in [0.3, 0.4) is 0 Å². The molecule has 0 aromatic heterocycles. The molecule has 0 aliphatic rings. The number of halogens is 1. The van der Waals surface area contributed by atoms with Gasteiger partial charge in [-0.2, -0.15) is 0 Å². The summed E-state index contributed by atoms with van der Waals surface area (Å²) in [5, 5.41) is 0. The first kappa shape index (κ1) is 10.4. The van der Waals surface area contributed by atoms with Gasteiger partial charge in [0.05, 0.1) is 0 Å². The average Bonchev–Trinajstić information content (AvgIpc) is 1.61. The molecular formula is C5H6ClLi. The van der Waals surface area contributed by atoms with Gasteiger partial charge in [0, 0.05) is 5.88 Å². The maximum atomic E-state index is 6.40. The molecular weight excluding hydrogens is 102 g/mol. The van der Waals surface area contributed by atoms with Gasteiger partial charge in [0.15, 0.2) is 0 Å². The van der Waals surface area contributed by atoms with Gasteiger partial charge >= 0.3 is 18.9 Å². The first-order valence-corrected chi connectivity index (χ1v) is 2.41. The smallest absolute Gasteiger partial charge is 0.694 e. The third-order valence-corrected chi connectivity index (χ3v) is 0.703. The van der Waals surface area contributed by atoms with Crippen molar-refractivity contribution >= 4 is 11.6 Å². The van der Waals surface area contributed by atoms with Gasteiger partial charge in [-0.25, -0.2) is 0 Å². The van der Waals surface area contributed by atoms with Gasteiger partial charge in [-0.3, -0.25) is 0 Å². The van der Waals surface area contributed by atoms with Gasteiger partial charge < -0.3 is 12.3 Å². The number of rotatable bonds is 2. The first-order valence-electron chi connectivity index (χ1n) is 1.87. The Labute approximate surface area is 61.8 Å². The molecule has 0 atom stereocenters. The Bertz CT molecular complexity index is 55.6. The van der Waals surface area contributed by atoms with Crippen LogP contribution in [0.1, 0.15) is 12.8 Å². The molecule has 7 heavy (non-hydrogen) atoms. The summed E-state index contributed by atoms with van der Waals surface area (Å²) in [7, 11) is 0. The number of hydrogen-bond acceptors (Lipinski definition) is 0. The Morgan fingerprint density at radius 1 is 1.57 bits per heavy atom. The van der Waals surface area contributed by atoms with Gasteiger partial charge in [-0.05, 0) is 12.8 Å². The van der Waals surface area contributed by atoms with Crippen LogP contribution in [0.2, 0.25) is 0 Å². The molecule has 0 radical (unpaired) electrons. The molecule has 0 saturated carbocycles. The molecule has 34 valence electrons. The van der Waals surface area contributed by atoms with Crippen LogP contribution in [0.5, 0.6) is 0 Å². The Kier molecular flexibility index (Phi) is 14.4. The van der Waals surface area contributed by atoms with Crippen molar-refractivity contribution < 1.29 is 18.9 Å². The van der Waals surface area contributed by atoms with Crippen LogP contribution in [0.4, 0.5) is 0 Å². The van der Waals surface area contributed by atoms with E-state index in [1.54, 1.807) is 0 Å². The van der Waals surface area contributed by atoms with E-state index in [0.29, 0.717) is 12.3 Å². The standard InChI is InChI=1S/C5H6Cl.Li/c1-2-3-4-5-6;/h3-5H2;/q-1;+1. The van der Waals surface area contributed by atoms with Gasteiger partial charge in [-0.1, -0.05) is 0 Å². The second-order valence-corrected chi connectivity index (χ2v) is 1.35. The van der Waals surface area contributed by atoms with Crippen LogP contribution >= 0.6 is 11.6 Å². The monoisotopic (exact) mass is 108 g/mol. The Morgan fingerprint density at radius 3 is 2.29 bits per heavy atom. The minimum Gasteiger partial charge on any atom is -0.694 e. The van der Waals surface area contributed by atoms with E-state index in [1.807, 2.05) is 0 Å². The predicted octanol–water partition coefficient (Wildman–Crippen LogP) is -1.40. The summed E-state index contributed by atoms with van der Waals surface area (Å²) >= 11 is 5.26. The largest absolute Gasteiger partial charge is 1.00 e. The number of alkyl halides is 1. The molecule has 0 amide bonds. The number of unbranched alkanes of at least 4 members (excludes halogenated alkanes) is 1. The molecule has 0 aliphatic carbocycles. The maximum Gasteiger partial charge on any atom is 1.00 e. The summed E-state index contributed by atoms with van der Waals surface area (Å²) in [6.07, 6.45) is 7.98. The Hall–Kier alpha value is 0.447. The zero-order chi connectivity index (χ0) is 4.83. The van der Waals surface area contributed by atoms with Crippen molar-refractivity contribution in [2.75, 3.05) is 5.88 Å². The summed E-state index contributed by atoms with van der Waals surface area (Å²) in [5.74, 6) is 2.88. The molecule has 0 fully saturated rings. The van der Waals surface area contributed by atoms with E-state index in [4.69, 9.17) is 18.0 Å². The van der Waals surface area contributed by atoms with Crippen molar-refractivity contribution in [3.8, 4) is 5.92 Å². The van der Waals surface area contributed by atoms with Gasteiger partial charge in [-0.15, -0.1) is 11.6 Å². The van der Waals surface area contributed by atoms with E-state index in [9.17, 15) is 0 Å². The Balaban J connectivity index is 0. The topological polar surface area (TPSA) is 0 Å². The van der Waals surface area contributed by atoms with E-state index in [0.717, 1.165) is 6.42 Å². The molecule has 0 nitrogen and oxygen atoms in total. The molecule has 0 saturated heterocycles. The van der Waals surface area contributed by atoms with Gasteiger partial charge in [0.1, 0.15) is 0 Å². The summed E-state index contributed by atoms with van der Waals surface area (Å²) in [4.78, 5) is 0. The van der Waals surface area contributed by atoms with Crippen LogP contribution in [-0.2, 0) is 0 Å². The normalized spacial score (nSPS) is 6.29. The molecule has 0 spiro atoms. The molecule has 0 N–H and O–H groups in total. The third kappa shape index (κ3) is 10.7. The van der Waals surface area contributed by atoms with Crippen molar-refractivity contribution in [3.05, 3.63) is 6.42 Å². The van der Waals surface area contributed by atoms with Crippen LogP contribution in [0.25, 0.3) is 0 Å². The fourth-order valence-electron chi connectivity index (χ4n) is 0.155. The van der Waals surface area contributed by atoms with Crippen molar-refractivity contribution in [1.29, 1.82) is 0 Å². The second kappa shape index (κ2) is 9.67. The summed E-state index contributed by atoms with van der Waals surface area (Å²) in [6.45, 7) is 0. The Morgan fingerprint density at radius 2 is 2.14 bits per heavy atom. The molecule has 0 aliphatic heterocycles. The zero-order valence-electron chi connectivity index (χ0n) is 4.50. The van der Waals surface area contributed by atoms with E-state index in [2.05, 4.69) is 5.92 Å². The maximum absolute atomic E-state index is 6.40. The minimum absolute atomic E-state index is 0. The SMILES string of the molecule is [C-]#CCCCCl.[Li+]. The van der Waals surface area contributed by atoms with E-state index >= 15 is 0 Å². The summed E-state index contributed by atoms with van der Waals surface area (Å²) in [5.41, 5.74) is 0. The minimum atomic E-state index is 0. The average molecular weight is 108 g/mol. The fraction of sp³-hybridized carbons (Fsp3) is 0.600. The molecule has 0 rings (SSSR count). The van der Waals surface area contributed by atoms with E-state index in [-0.39, 0.29) is 18.9 Å². The van der Waals surface area contributed by atoms with Crippen molar-refractivity contribution in [2.24, 2.45) is 0 Å². The van der Waals surface area contributed by atoms with Crippen molar-refractivity contribution in [3.63, 3.8) is 0 Å². The van der Waals surface area contributed by atoms with Crippen LogP contribution in [-0.4, -0.2) is 5.88 Å². The summed E-state index contributed by atoms with van der Waals surface area (Å²) < 4.78 is 0. The molecule has 0 aromatic carbocycles. The van der Waals surface area contributed by atoms with Crippen LogP contribution in [0, 0.1) is 12.3 Å². The molecule has 2 heteroatoms. The van der Waals surface area contributed by atoms with Crippen molar-refractivity contribution in [2.45, 2.75) is 12.8 Å². The quantitative estimate of drug-likeness (QED) is 0.134. The van der Waals surface area contributed by atoms with Crippen LogP contribution < -0.4 is 18.9 Å². The first-order chi connectivity index (χ1) is 2.91. The molecule has 0 bridgehead atoms. The van der Waals surface area contributed by atoms with Gasteiger partial charge in [0.2, 0.25) is 0 Å². The van der Waals surface area contributed by atoms with E-state index in [1.165, 1.54) is 0 Å². The fourth-order valence-corrected chi connectivity index (χ4v) is 0.289. The van der Waals surface area contributed by atoms with Crippen LogP contribution in [0.15, 0.2) is 0 Å². The summed E-state index contributed by atoms with van der Waals surface area (Å²) in [6, 6.07) is 0. The molecule has 0 heterocycles. The number of hydrogen-bond donors (Lipinski definition) is 0. The third-order valence-electron chi connectivity index (χ3n) is 0.435. The zero-order valence-corrected chi connectivity index (χ0v) is 5.26. The molecule has 0 unspecified atom stereocenters. The molecule has 0 aromatic rings. The second-order valence-electron chi connectivity index (χ2n) is 0.969. The predicted molar refractivity (Wildman–Crippen MR) is 27.1 cm³/mol. The van der Waals surface area contributed by atoms with E-state index < -0.39 is 0 Å².